The first-order valence-electron chi connectivity index (χ1n) is 5.06. The third-order valence-electron chi connectivity index (χ3n) is 2.28. The normalized spacial score (nSPS) is 10.7. The second-order valence-corrected chi connectivity index (χ2v) is 4.43. The van der Waals surface area contributed by atoms with Crippen LogP contribution in [0.2, 0.25) is 10.0 Å². The van der Waals surface area contributed by atoms with Crippen molar-refractivity contribution in [3.05, 3.63) is 52.5 Å². The SMILES string of the molecule is FC(F)Oc1ccc(-c2cc(Cl)cc(Cl)c2)cc1. The molecule has 0 radical (unpaired) electrons. The fourth-order valence-corrected chi connectivity index (χ4v) is 2.08. The van der Waals surface area contributed by atoms with Gasteiger partial charge in [0.2, 0.25) is 0 Å². The Hall–Kier alpha value is -1.32. The van der Waals surface area contributed by atoms with Crippen molar-refractivity contribution < 1.29 is 13.5 Å². The van der Waals surface area contributed by atoms with Gasteiger partial charge in [-0.1, -0.05) is 35.3 Å². The molecular formula is C13H8Cl2F2O. The van der Waals surface area contributed by atoms with Crippen LogP contribution in [0.25, 0.3) is 11.1 Å². The number of halogens is 4. The minimum atomic E-state index is -2.82. The molecule has 2 aromatic carbocycles. The standard InChI is InChI=1S/C13H8Cl2F2O/c14-10-5-9(6-11(15)7-10)8-1-3-12(4-2-8)18-13(16)17/h1-7,13H. The van der Waals surface area contributed by atoms with Gasteiger partial charge in [-0.15, -0.1) is 0 Å². The second kappa shape index (κ2) is 5.55. The quantitative estimate of drug-likeness (QED) is 0.748. The first kappa shape index (κ1) is 13.1. The Labute approximate surface area is 113 Å². The third kappa shape index (κ3) is 3.34. The van der Waals surface area contributed by atoms with Crippen molar-refractivity contribution in [3.8, 4) is 16.9 Å². The minimum absolute atomic E-state index is 0.113. The molecule has 0 aromatic heterocycles. The maximum absolute atomic E-state index is 12.0. The summed E-state index contributed by atoms with van der Waals surface area (Å²) in [5.74, 6) is 0.113. The van der Waals surface area contributed by atoms with E-state index in [1.165, 1.54) is 12.1 Å². The molecule has 5 heteroatoms. The Kier molecular flexibility index (Phi) is 4.04. The van der Waals surface area contributed by atoms with Crippen LogP contribution in [0.4, 0.5) is 8.78 Å². The molecule has 0 aliphatic carbocycles. The summed E-state index contributed by atoms with van der Waals surface area (Å²) in [7, 11) is 0. The van der Waals surface area contributed by atoms with Gasteiger partial charge in [0.05, 0.1) is 0 Å². The summed E-state index contributed by atoms with van der Waals surface area (Å²) in [4.78, 5) is 0. The molecule has 2 aromatic rings. The Balaban J connectivity index is 2.28. The van der Waals surface area contributed by atoms with E-state index < -0.39 is 6.61 Å². The monoisotopic (exact) mass is 288 g/mol. The molecule has 0 N–H and O–H groups in total. The molecule has 0 atom stereocenters. The number of alkyl halides is 2. The highest BCUT2D eigenvalue weighted by atomic mass is 35.5. The molecule has 94 valence electrons. The lowest BCUT2D eigenvalue weighted by molar-refractivity contribution is -0.0498. The van der Waals surface area contributed by atoms with E-state index in [1.807, 2.05) is 0 Å². The topological polar surface area (TPSA) is 9.23 Å². The summed E-state index contributed by atoms with van der Waals surface area (Å²) in [5.41, 5.74) is 1.64. The van der Waals surface area contributed by atoms with Crippen LogP contribution in [-0.4, -0.2) is 6.61 Å². The van der Waals surface area contributed by atoms with Crippen molar-refractivity contribution in [2.45, 2.75) is 6.61 Å². The van der Waals surface area contributed by atoms with Crippen LogP contribution >= 0.6 is 23.2 Å². The number of rotatable bonds is 3. The maximum Gasteiger partial charge on any atom is 0.387 e. The van der Waals surface area contributed by atoms with Gasteiger partial charge in [0.15, 0.2) is 0 Å². The van der Waals surface area contributed by atoms with Gasteiger partial charge in [0, 0.05) is 10.0 Å². The number of hydrogen-bond acceptors (Lipinski definition) is 1. The lowest BCUT2D eigenvalue weighted by Crippen LogP contribution is -2.01. The van der Waals surface area contributed by atoms with Gasteiger partial charge in [0.25, 0.3) is 0 Å². The summed E-state index contributed by atoms with van der Waals surface area (Å²) in [6, 6.07) is 11.4. The summed E-state index contributed by atoms with van der Waals surface area (Å²) < 4.78 is 28.3. The summed E-state index contributed by atoms with van der Waals surface area (Å²) in [5, 5.41) is 1.04. The van der Waals surface area contributed by atoms with Crippen molar-refractivity contribution in [1.82, 2.24) is 0 Å². The average molecular weight is 289 g/mol. The molecule has 0 saturated heterocycles. The molecule has 2 rings (SSSR count). The molecule has 0 aliphatic heterocycles. The summed E-state index contributed by atoms with van der Waals surface area (Å²) in [6.07, 6.45) is 0. The van der Waals surface area contributed by atoms with E-state index in [4.69, 9.17) is 23.2 Å². The molecule has 0 heterocycles. The van der Waals surface area contributed by atoms with Crippen molar-refractivity contribution in [2.75, 3.05) is 0 Å². The van der Waals surface area contributed by atoms with Crippen molar-refractivity contribution in [2.24, 2.45) is 0 Å². The highest BCUT2D eigenvalue weighted by Crippen LogP contribution is 2.28. The van der Waals surface area contributed by atoms with Crippen LogP contribution < -0.4 is 4.74 Å². The van der Waals surface area contributed by atoms with E-state index in [-0.39, 0.29) is 5.75 Å². The first-order valence-corrected chi connectivity index (χ1v) is 5.81. The van der Waals surface area contributed by atoms with Gasteiger partial charge < -0.3 is 4.74 Å². The fraction of sp³-hybridized carbons (Fsp3) is 0.0769. The van der Waals surface area contributed by atoms with Gasteiger partial charge in [-0.2, -0.15) is 8.78 Å². The fourth-order valence-electron chi connectivity index (χ4n) is 1.55. The Morgan fingerprint density at radius 2 is 1.39 bits per heavy atom. The summed E-state index contributed by atoms with van der Waals surface area (Å²) in [6.45, 7) is -2.82. The molecule has 0 bridgehead atoms. The van der Waals surface area contributed by atoms with Crippen LogP contribution in [-0.2, 0) is 0 Å². The lowest BCUT2D eigenvalue weighted by atomic mass is 10.1. The molecule has 0 saturated carbocycles. The van der Waals surface area contributed by atoms with E-state index in [1.54, 1.807) is 30.3 Å². The van der Waals surface area contributed by atoms with Crippen molar-refractivity contribution >= 4 is 23.2 Å². The van der Waals surface area contributed by atoms with Crippen LogP contribution in [0.15, 0.2) is 42.5 Å². The van der Waals surface area contributed by atoms with Crippen molar-refractivity contribution in [1.29, 1.82) is 0 Å². The molecule has 0 fully saturated rings. The molecule has 0 unspecified atom stereocenters. The zero-order valence-corrected chi connectivity index (χ0v) is 10.6. The largest absolute Gasteiger partial charge is 0.435 e. The van der Waals surface area contributed by atoms with E-state index in [0.717, 1.165) is 11.1 Å². The molecule has 18 heavy (non-hydrogen) atoms. The van der Waals surface area contributed by atoms with Crippen LogP contribution in [0.3, 0.4) is 0 Å². The van der Waals surface area contributed by atoms with Crippen molar-refractivity contribution in [3.63, 3.8) is 0 Å². The van der Waals surface area contributed by atoms with Crippen LogP contribution in [0, 0.1) is 0 Å². The second-order valence-electron chi connectivity index (χ2n) is 3.56. The number of hydrogen-bond donors (Lipinski definition) is 0. The van der Waals surface area contributed by atoms with Gasteiger partial charge in [0.1, 0.15) is 5.75 Å². The molecule has 0 amide bonds. The maximum atomic E-state index is 12.0. The van der Waals surface area contributed by atoms with Crippen LogP contribution in [0.5, 0.6) is 5.75 Å². The van der Waals surface area contributed by atoms with Gasteiger partial charge in [-0.05, 0) is 41.5 Å². The van der Waals surface area contributed by atoms with Gasteiger partial charge >= 0.3 is 6.61 Å². The highest BCUT2D eigenvalue weighted by molar-refractivity contribution is 6.35. The molecular weight excluding hydrogens is 281 g/mol. The summed E-state index contributed by atoms with van der Waals surface area (Å²) >= 11 is 11.8. The van der Waals surface area contributed by atoms with E-state index >= 15 is 0 Å². The Morgan fingerprint density at radius 1 is 0.833 bits per heavy atom. The zero-order chi connectivity index (χ0) is 13.1. The minimum Gasteiger partial charge on any atom is -0.435 e. The van der Waals surface area contributed by atoms with E-state index in [9.17, 15) is 8.78 Å². The lowest BCUT2D eigenvalue weighted by Gasteiger charge is -2.06. The smallest absolute Gasteiger partial charge is 0.387 e. The average Bonchev–Trinajstić information content (AvgIpc) is 2.27. The van der Waals surface area contributed by atoms with Gasteiger partial charge in [-0.3, -0.25) is 0 Å². The Bertz CT molecular complexity index is 521. The number of ether oxygens (including phenoxy) is 1. The predicted octanol–water partition coefficient (Wildman–Crippen LogP) is 5.26. The Morgan fingerprint density at radius 3 is 1.89 bits per heavy atom. The highest BCUT2D eigenvalue weighted by Gasteiger charge is 2.05. The zero-order valence-electron chi connectivity index (χ0n) is 9.04. The molecule has 0 aliphatic rings. The van der Waals surface area contributed by atoms with E-state index in [0.29, 0.717) is 10.0 Å². The first-order chi connectivity index (χ1) is 8.54. The molecule has 0 spiro atoms. The van der Waals surface area contributed by atoms with Crippen LogP contribution in [0.1, 0.15) is 0 Å². The third-order valence-corrected chi connectivity index (χ3v) is 2.71. The predicted molar refractivity (Wildman–Crippen MR) is 68.5 cm³/mol. The van der Waals surface area contributed by atoms with E-state index in [2.05, 4.69) is 4.74 Å². The van der Waals surface area contributed by atoms with Gasteiger partial charge in [-0.25, -0.2) is 0 Å². The number of benzene rings is 2. The molecule has 1 nitrogen and oxygen atoms in total.